The lowest BCUT2D eigenvalue weighted by Crippen LogP contribution is -2.02. The Bertz CT molecular complexity index is 725. The molecule has 1 aromatic carbocycles. The Morgan fingerprint density at radius 1 is 1.25 bits per heavy atom. The number of halogens is 1. The van der Waals surface area contributed by atoms with Gasteiger partial charge in [0.05, 0.1) is 11.3 Å². The fourth-order valence-electron chi connectivity index (χ4n) is 2.05. The quantitative estimate of drug-likeness (QED) is 0.506. The SMILES string of the molecule is Cc1nc(OCc2ccccc2)c(CI)c2ocnc12. The average molecular weight is 380 g/mol. The van der Waals surface area contributed by atoms with E-state index in [2.05, 4.69) is 32.6 Å². The van der Waals surface area contributed by atoms with Crippen LogP contribution in [0.1, 0.15) is 16.8 Å². The number of aryl methyl sites for hydroxylation is 1. The van der Waals surface area contributed by atoms with Gasteiger partial charge in [-0.25, -0.2) is 9.97 Å². The first-order valence-electron chi connectivity index (χ1n) is 6.25. The Morgan fingerprint density at radius 2 is 2.05 bits per heavy atom. The summed E-state index contributed by atoms with van der Waals surface area (Å²) in [4.78, 5) is 8.71. The van der Waals surface area contributed by atoms with E-state index in [-0.39, 0.29) is 0 Å². The van der Waals surface area contributed by atoms with E-state index in [0.717, 1.165) is 32.3 Å². The predicted molar refractivity (Wildman–Crippen MR) is 85.0 cm³/mol. The maximum Gasteiger partial charge on any atom is 0.221 e. The van der Waals surface area contributed by atoms with Gasteiger partial charge in [-0.15, -0.1) is 0 Å². The Kier molecular flexibility index (Phi) is 3.86. The smallest absolute Gasteiger partial charge is 0.221 e. The lowest BCUT2D eigenvalue weighted by molar-refractivity contribution is 0.291. The van der Waals surface area contributed by atoms with Crippen molar-refractivity contribution in [2.45, 2.75) is 18.0 Å². The van der Waals surface area contributed by atoms with Gasteiger partial charge in [0, 0.05) is 4.43 Å². The minimum absolute atomic E-state index is 0.497. The van der Waals surface area contributed by atoms with Crippen molar-refractivity contribution in [3.05, 3.63) is 53.5 Å². The molecule has 0 aliphatic carbocycles. The third-order valence-corrected chi connectivity index (χ3v) is 3.83. The molecule has 3 rings (SSSR count). The van der Waals surface area contributed by atoms with Gasteiger partial charge >= 0.3 is 0 Å². The summed E-state index contributed by atoms with van der Waals surface area (Å²) < 4.78 is 12.1. The van der Waals surface area contributed by atoms with E-state index in [9.17, 15) is 0 Å². The number of alkyl halides is 1. The first kappa shape index (κ1) is 13.4. The van der Waals surface area contributed by atoms with Gasteiger partial charge in [-0.3, -0.25) is 0 Å². The molecule has 3 aromatic rings. The number of ether oxygens (including phenoxy) is 1. The van der Waals surface area contributed by atoms with Crippen molar-refractivity contribution in [1.82, 2.24) is 9.97 Å². The van der Waals surface area contributed by atoms with Crippen LogP contribution in [-0.4, -0.2) is 9.97 Å². The van der Waals surface area contributed by atoms with E-state index in [1.165, 1.54) is 6.39 Å². The van der Waals surface area contributed by atoms with Crippen molar-refractivity contribution in [2.24, 2.45) is 0 Å². The monoisotopic (exact) mass is 380 g/mol. The molecule has 102 valence electrons. The normalized spacial score (nSPS) is 10.9. The van der Waals surface area contributed by atoms with Crippen LogP contribution in [0.5, 0.6) is 5.88 Å². The third-order valence-electron chi connectivity index (χ3n) is 3.06. The number of aromatic nitrogens is 2. The summed E-state index contributed by atoms with van der Waals surface area (Å²) in [6, 6.07) is 10.0. The Hall–Kier alpha value is -1.63. The lowest BCUT2D eigenvalue weighted by Gasteiger charge is -2.10. The zero-order chi connectivity index (χ0) is 13.9. The number of pyridine rings is 1. The summed E-state index contributed by atoms with van der Waals surface area (Å²) >= 11 is 2.28. The van der Waals surface area contributed by atoms with Crippen LogP contribution in [0, 0.1) is 6.92 Å². The number of nitrogens with zero attached hydrogens (tertiary/aromatic N) is 2. The number of hydrogen-bond donors (Lipinski definition) is 0. The lowest BCUT2D eigenvalue weighted by atomic mass is 10.2. The number of fused-ring (bicyclic) bond motifs is 1. The van der Waals surface area contributed by atoms with Crippen molar-refractivity contribution in [3.8, 4) is 5.88 Å². The Labute approximate surface area is 130 Å². The number of hydrogen-bond acceptors (Lipinski definition) is 4. The van der Waals surface area contributed by atoms with Gasteiger partial charge < -0.3 is 9.15 Å². The highest BCUT2D eigenvalue weighted by atomic mass is 127. The molecule has 2 aromatic heterocycles. The van der Waals surface area contributed by atoms with E-state index >= 15 is 0 Å². The summed E-state index contributed by atoms with van der Waals surface area (Å²) in [5.74, 6) is 0.630. The Morgan fingerprint density at radius 3 is 2.80 bits per heavy atom. The zero-order valence-electron chi connectivity index (χ0n) is 11.0. The van der Waals surface area contributed by atoms with E-state index in [0.29, 0.717) is 12.5 Å². The van der Waals surface area contributed by atoms with E-state index < -0.39 is 0 Å². The molecule has 0 saturated carbocycles. The van der Waals surface area contributed by atoms with Gasteiger partial charge in [0.2, 0.25) is 5.88 Å². The third kappa shape index (κ3) is 2.49. The highest BCUT2D eigenvalue weighted by Gasteiger charge is 2.16. The molecule has 0 radical (unpaired) electrons. The molecule has 0 N–H and O–H groups in total. The highest BCUT2D eigenvalue weighted by molar-refractivity contribution is 14.1. The van der Waals surface area contributed by atoms with Crippen molar-refractivity contribution in [1.29, 1.82) is 0 Å². The summed E-state index contributed by atoms with van der Waals surface area (Å²) in [6.07, 6.45) is 1.45. The van der Waals surface area contributed by atoms with Gasteiger partial charge in [-0.1, -0.05) is 52.9 Å². The van der Waals surface area contributed by atoms with E-state index in [1.54, 1.807) is 0 Å². The van der Waals surface area contributed by atoms with Gasteiger partial charge in [-0.05, 0) is 12.5 Å². The minimum atomic E-state index is 0.497. The molecule has 0 saturated heterocycles. The largest absolute Gasteiger partial charge is 0.472 e. The maximum atomic E-state index is 5.87. The number of rotatable bonds is 4. The first-order chi connectivity index (χ1) is 9.79. The van der Waals surface area contributed by atoms with Gasteiger partial charge in [0.1, 0.15) is 12.1 Å². The molecule has 0 amide bonds. The topological polar surface area (TPSA) is 48.2 Å². The minimum Gasteiger partial charge on any atom is -0.472 e. The second-order valence-corrected chi connectivity index (χ2v) is 5.18. The first-order valence-corrected chi connectivity index (χ1v) is 7.77. The predicted octanol–water partition coefficient (Wildman–Crippen LogP) is 4.05. The van der Waals surface area contributed by atoms with Gasteiger partial charge in [-0.2, -0.15) is 0 Å². The van der Waals surface area contributed by atoms with Crippen molar-refractivity contribution < 1.29 is 9.15 Å². The van der Waals surface area contributed by atoms with E-state index in [4.69, 9.17) is 9.15 Å². The molecule has 0 atom stereocenters. The fourth-order valence-corrected chi connectivity index (χ4v) is 2.72. The molecular weight excluding hydrogens is 367 g/mol. The fraction of sp³-hybridized carbons (Fsp3) is 0.200. The molecule has 0 aliphatic rings. The molecule has 20 heavy (non-hydrogen) atoms. The zero-order valence-corrected chi connectivity index (χ0v) is 13.1. The average Bonchev–Trinajstić information content (AvgIpc) is 2.96. The van der Waals surface area contributed by atoms with Crippen molar-refractivity contribution in [3.63, 3.8) is 0 Å². The molecule has 0 fully saturated rings. The Balaban J connectivity index is 1.94. The molecule has 4 nitrogen and oxygen atoms in total. The van der Waals surface area contributed by atoms with Crippen LogP contribution in [0.3, 0.4) is 0 Å². The van der Waals surface area contributed by atoms with Gasteiger partial charge in [0.15, 0.2) is 12.0 Å². The van der Waals surface area contributed by atoms with Crippen LogP contribution in [0.25, 0.3) is 11.1 Å². The molecular formula is C15H13IN2O2. The van der Waals surface area contributed by atoms with E-state index in [1.807, 2.05) is 37.3 Å². The summed E-state index contributed by atoms with van der Waals surface area (Å²) in [5, 5.41) is 0. The maximum absolute atomic E-state index is 5.87. The van der Waals surface area contributed by atoms with Crippen molar-refractivity contribution in [2.75, 3.05) is 0 Å². The molecule has 0 spiro atoms. The second kappa shape index (κ2) is 5.78. The molecule has 0 unspecified atom stereocenters. The van der Waals surface area contributed by atoms with Crippen LogP contribution < -0.4 is 4.74 Å². The van der Waals surface area contributed by atoms with Crippen LogP contribution in [-0.2, 0) is 11.0 Å². The highest BCUT2D eigenvalue weighted by Crippen LogP contribution is 2.30. The van der Waals surface area contributed by atoms with Crippen molar-refractivity contribution >= 4 is 33.7 Å². The molecule has 2 heterocycles. The van der Waals surface area contributed by atoms with Gasteiger partial charge in [0.25, 0.3) is 0 Å². The van der Waals surface area contributed by atoms with Crippen LogP contribution in [0.4, 0.5) is 0 Å². The second-order valence-electron chi connectivity index (χ2n) is 4.42. The van der Waals surface area contributed by atoms with Crippen LogP contribution in [0.15, 0.2) is 41.1 Å². The van der Waals surface area contributed by atoms with Crippen LogP contribution >= 0.6 is 22.6 Å². The number of oxazole rings is 1. The summed E-state index contributed by atoms with van der Waals surface area (Å²) in [6.45, 7) is 2.41. The molecule has 5 heteroatoms. The summed E-state index contributed by atoms with van der Waals surface area (Å²) in [5.41, 5.74) is 4.48. The standard InChI is InChI=1S/C15H13IN2O2/c1-10-13-14(20-9-17-13)12(7-16)15(18-10)19-8-11-5-3-2-4-6-11/h2-6,9H,7-8H2,1H3. The van der Waals surface area contributed by atoms with Crippen LogP contribution in [0.2, 0.25) is 0 Å². The molecule has 0 bridgehead atoms. The number of benzene rings is 1. The molecule has 0 aliphatic heterocycles. The summed E-state index contributed by atoms with van der Waals surface area (Å²) in [7, 11) is 0.